The van der Waals surface area contributed by atoms with Crippen molar-refractivity contribution in [3.05, 3.63) is 84.0 Å². The molecule has 4 aliphatic carbocycles. The molecule has 2 nitrogen and oxygen atoms in total. The fraction of sp³-hybridized carbons (Fsp3) is 0.608. The van der Waals surface area contributed by atoms with E-state index in [1.807, 2.05) is 0 Å². The Balaban J connectivity index is 0.000000224. The summed E-state index contributed by atoms with van der Waals surface area (Å²) in [6.07, 6.45) is 22.4. The summed E-state index contributed by atoms with van der Waals surface area (Å²) in [7, 11) is 0. The lowest BCUT2D eigenvalue weighted by Gasteiger charge is -2.26. The molecule has 4 fully saturated rings. The average molecular weight is 823 g/mol. The van der Waals surface area contributed by atoms with Crippen LogP contribution in [0.5, 0.6) is 11.5 Å². The molecule has 0 amide bonds. The molecular weight excluding hydrogens is 759 g/mol. The van der Waals surface area contributed by atoms with Crippen molar-refractivity contribution in [2.45, 2.75) is 160 Å². The monoisotopic (exact) mass is 822 g/mol. The second kappa shape index (κ2) is 23.3. The third-order valence-corrected chi connectivity index (χ3v) is 13.2. The van der Waals surface area contributed by atoms with E-state index in [0.717, 1.165) is 74.3 Å². The van der Waals surface area contributed by atoms with Gasteiger partial charge in [-0.15, -0.1) is 26.3 Å². The molecule has 0 bridgehead atoms. The van der Waals surface area contributed by atoms with Crippen molar-refractivity contribution >= 4 is 0 Å². The van der Waals surface area contributed by atoms with Crippen LogP contribution >= 0.6 is 0 Å². The number of alkyl halides is 6. The van der Waals surface area contributed by atoms with Crippen LogP contribution in [0.4, 0.5) is 26.3 Å². The molecule has 0 spiro atoms. The van der Waals surface area contributed by atoms with Gasteiger partial charge >= 0.3 is 12.7 Å². The van der Waals surface area contributed by atoms with Gasteiger partial charge in [-0.25, -0.2) is 0 Å². The summed E-state index contributed by atoms with van der Waals surface area (Å²) in [6, 6.07) is 12.7. The van der Waals surface area contributed by atoms with E-state index in [0.29, 0.717) is 35.5 Å². The third-order valence-electron chi connectivity index (χ3n) is 13.2. The largest absolute Gasteiger partial charge is 0.573 e. The first kappa shape index (κ1) is 46.3. The maximum atomic E-state index is 12.3. The standard InChI is InChI=1S/C26H33F3O.C25H31F3O/c1-2-5-20-8-10-21(11-9-20)6-3-4-7-22-12-14-23(15-13-22)24-16-18-25(19-17-24)30-26(27,28)29;1-2-19-7-9-20(10-8-19)5-3-4-6-21-11-13-22(14-12-21)23-15-17-24(18-16-23)29-25(26,27)28/h3,6,16-23H,2,5,8-15H2,1H3;3,5,15-22H,2,7-14H2,1H3. The van der Waals surface area contributed by atoms with Gasteiger partial charge < -0.3 is 9.47 Å². The molecule has 8 heteroatoms. The Morgan fingerprint density at radius 3 is 1.22 bits per heavy atom. The van der Waals surface area contributed by atoms with E-state index in [1.165, 1.54) is 94.9 Å². The molecule has 2 aromatic rings. The van der Waals surface area contributed by atoms with E-state index in [-0.39, 0.29) is 11.5 Å². The number of rotatable bonds is 9. The Morgan fingerprint density at radius 2 is 0.881 bits per heavy atom. The average Bonchev–Trinajstić information content (AvgIpc) is 3.22. The van der Waals surface area contributed by atoms with Crippen LogP contribution in [-0.4, -0.2) is 12.7 Å². The van der Waals surface area contributed by atoms with Crippen molar-refractivity contribution in [2.75, 3.05) is 0 Å². The molecule has 0 unspecified atom stereocenters. The van der Waals surface area contributed by atoms with Crippen LogP contribution in [0, 0.1) is 59.2 Å². The molecule has 4 aliphatic rings. The number of benzene rings is 2. The number of ether oxygens (including phenoxy) is 2. The predicted octanol–water partition coefficient (Wildman–Crippen LogP) is 15.7. The highest BCUT2D eigenvalue weighted by Crippen LogP contribution is 2.38. The van der Waals surface area contributed by atoms with E-state index in [2.05, 4.69) is 71.3 Å². The molecule has 0 radical (unpaired) electrons. The van der Waals surface area contributed by atoms with Crippen LogP contribution in [0.15, 0.2) is 72.8 Å². The van der Waals surface area contributed by atoms with E-state index in [4.69, 9.17) is 0 Å². The molecule has 0 atom stereocenters. The molecule has 0 aromatic heterocycles. The van der Waals surface area contributed by atoms with Crippen molar-refractivity contribution < 1.29 is 35.8 Å². The molecule has 0 heterocycles. The molecular formula is C51H64F6O2. The first-order valence-electron chi connectivity index (χ1n) is 22.4. The zero-order chi connectivity index (χ0) is 42.1. The summed E-state index contributed by atoms with van der Waals surface area (Å²) in [4.78, 5) is 0. The van der Waals surface area contributed by atoms with E-state index >= 15 is 0 Å². The SMILES string of the molecule is CCC1CCC(C=CC#CC2CCC(c3ccc(OC(F)(F)F)cc3)CC2)CC1.CCCC1CCC(C=CC#CC2CCC(c3ccc(OC(F)(F)F)cc3)CC2)CC1. The topological polar surface area (TPSA) is 18.5 Å². The van der Waals surface area contributed by atoms with Crippen molar-refractivity contribution in [2.24, 2.45) is 35.5 Å². The Hall–Kier alpha value is -3.78. The molecule has 0 N–H and O–H groups in total. The maximum Gasteiger partial charge on any atom is 0.573 e. The summed E-state index contributed by atoms with van der Waals surface area (Å²) in [5.74, 6) is 18.0. The smallest absolute Gasteiger partial charge is 0.406 e. The van der Waals surface area contributed by atoms with Crippen LogP contribution in [-0.2, 0) is 0 Å². The fourth-order valence-corrected chi connectivity index (χ4v) is 9.59. The minimum Gasteiger partial charge on any atom is -0.406 e. The number of halogens is 6. The van der Waals surface area contributed by atoms with Gasteiger partial charge in [0.2, 0.25) is 0 Å². The second-order valence-corrected chi connectivity index (χ2v) is 17.4. The first-order chi connectivity index (χ1) is 28.4. The van der Waals surface area contributed by atoms with Crippen LogP contribution in [0.2, 0.25) is 0 Å². The summed E-state index contributed by atoms with van der Waals surface area (Å²) < 4.78 is 81.5. The highest BCUT2D eigenvalue weighted by molar-refractivity contribution is 5.31. The molecule has 322 valence electrons. The Morgan fingerprint density at radius 1 is 0.508 bits per heavy atom. The van der Waals surface area contributed by atoms with Gasteiger partial charge in [0.1, 0.15) is 11.5 Å². The van der Waals surface area contributed by atoms with Gasteiger partial charge in [-0.3, -0.25) is 0 Å². The highest BCUT2D eigenvalue weighted by atomic mass is 19.4. The van der Waals surface area contributed by atoms with Gasteiger partial charge in [0.25, 0.3) is 0 Å². The fourth-order valence-electron chi connectivity index (χ4n) is 9.59. The maximum absolute atomic E-state index is 12.3. The summed E-state index contributed by atoms with van der Waals surface area (Å²) in [6.45, 7) is 4.57. The van der Waals surface area contributed by atoms with Crippen LogP contribution < -0.4 is 9.47 Å². The molecule has 0 saturated heterocycles. The van der Waals surface area contributed by atoms with Crippen molar-refractivity contribution in [1.82, 2.24) is 0 Å². The molecule has 59 heavy (non-hydrogen) atoms. The minimum atomic E-state index is -4.64. The van der Waals surface area contributed by atoms with Crippen LogP contribution in [0.1, 0.15) is 159 Å². The van der Waals surface area contributed by atoms with Gasteiger partial charge in [0.05, 0.1) is 0 Å². The van der Waals surface area contributed by atoms with Gasteiger partial charge in [-0.2, -0.15) is 0 Å². The van der Waals surface area contributed by atoms with Crippen LogP contribution in [0.3, 0.4) is 0 Å². The van der Waals surface area contributed by atoms with Gasteiger partial charge in [0, 0.05) is 11.8 Å². The van der Waals surface area contributed by atoms with Gasteiger partial charge in [-0.05, 0) is 186 Å². The van der Waals surface area contributed by atoms with Gasteiger partial charge in [0.15, 0.2) is 0 Å². The predicted molar refractivity (Wildman–Crippen MR) is 226 cm³/mol. The zero-order valence-corrected chi connectivity index (χ0v) is 35.1. The number of hydrogen-bond acceptors (Lipinski definition) is 2. The normalized spacial score (nSPS) is 27.7. The van der Waals surface area contributed by atoms with Crippen molar-refractivity contribution in [1.29, 1.82) is 0 Å². The van der Waals surface area contributed by atoms with Crippen molar-refractivity contribution in [3.63, 3.8) is 0 Å². The highest BCUT2D eigenvalue weighted by Gasteiger charge is 2.32. The van der Waals surface area contributed by atoms with E-state index in [9.17, 15) is 26.3 Å². The van der Waals surface area contributed by atoms with Crippen molar-refractivity contribution in [3.8, 4) is 35.2 Å². The Bertz CT molecular complexity index is 1690. The van der Waals surface area contributed by atoms with E-state index in [1.54, 1.807) is 24.3 Å². The van der Waals surface area contributed by atoms with E-state index < -0.39 is 12.7 Å². The van der Waals surface area contributed by atoms with Crippen LogP contribution in [0.25, 0.3) is 0 Å². The zero-order valence-electron chi connectivity index (χ0n) is 35.1. The Labute approximate surface area is 350 Å². The molecule has 4 saturated carbocycles. The number of hydrogen-bond donors (Lipinski definition) is 0. The van der Waals surface area contributed by atoms with Gasteiger partial charge in [-0.1, -0.05) is 93.2 Å². The lowest BCUT2D eigenvalue weighted by molar-refractivity contribution is -0.275. The summed E-state index contributed by atoms with van der Waals surface area (Å²) in [5.41, 5.74) is 2.18. The minimum absolute atomic E-state index is 0.156. The molecule has 2 aromatic carbocycles. The lowest BCUT2D eigenvalue weighted by Crippen LogP contribution is -2.17. The lowest BCUT2D eigenvalue weighted by atomic mass is 9.79. The second-order valence-electron chi connectivity index (χ2n) is 17.4. The Kier molecular flexibility index (Phi) is 18.3. The third kappa shape index (κ3) is 17.0. The summed E-state index contributed by atoms with van der Waals surface area (Å²) in [5, 5.41) is 0. The molecule has 0 aliphatic heterocycles. The quantitative estimate of drug-likeness (QED) is 0.185. The first-order valence-corrected chi connectivity index (χ1v) is 22.4. The molecule has 6 rings (SSSR count). The summed E-state index contributed by atoms with van der Waals surface area (Å²) >= 11 is 0. The number of allylic oxidation sites excluding steroid dienone is 4.